The molecule has 0 radical (unpaired) electrons. The molecule has 0 atom stereocenters. The van der Waals surface area contributed by atoms with E-state index in [4.69, 9.17) is 4.74 Å². The zero-order valence-corrected chi connectivity index (χ0v) is 14.7. The van der Waals surface area contributed by atoms with Gasteiger partial charge in [-0.3, -0.25) is 4.79 Å². The molecule has 0 aromatic heterocycles. The zero-order valence-electron chi connectivity index (χ0n) is 14.7. The predicted molar refractivity (Wildman–Crippen MR) is 103 cm³/mol. The Hall–Kier alpha value is -3.34. The summed E-state index contributed by atoms with van der Waals surface area (Å²) in [5, 5.41) is 8.85. The van der Waals surface area contributed by atoms with Crippen molar-refractivity contribution in [1.29, 1.82) is 0 Å². The Morgan fingerprint density at radius 1 is 1.00 bits per heavy atom. The van der Waals surface area contributed by atoms with Crippen LogP contribution < -0.4 is 10.1 Å². The van der Waals surface area contributed by atoms with Crippen LogP contribution in [0.15, 0.2) is 65.8 Å². The number of hydrogen-bond donors (Lipinski definition) is 1. The molecule has 0 spiro atoms. The van der Waals surface area contributed by atoms with Gasteiger partial charge in [-0.05, 0) is 52.2 Å². The van der Waals surface area contributed by atoms with Gasteiger partial charge in [0.25, 0.3) is 5.91 Å². The van der Waals surface area contributed by atoms with Crippen LogP contribution in [0.5, 0.6) is 5.75 Å². The summed E-state index contributed by atoms with van der Waals surface area (Å²) in [5.41, 5.74) is 2.51. The molecule has 26 heavy (non-hydrogen) atoms. The smallest absolute Gasteiger partial charge is 0.251 e. The number of nitrogens with one attached hydrogen (secondary N) is 1. The Morgan fingerprint density at radius 2 is 1.73 bits per heavy atom. The number of carbonyl (C=O) groups excluding carboxylic acids is 1. The van der Waals surface area contributed by atoms with E-state index in [1.165, 1.54) is 7.11 Å². The minimum absolute atomic E-state index is 0.116. The molecule has 3 rings (SSSR count). The van der Waals surface area contributed by atoms with Crippen LogP contribution in [-0.2, 0) is 11.4 Å². The molecule has 0 unspecified atom stereocenters. The first kappa shape index (κ1) is 17.5. The van der Waals surface area contributed by atoms with E-state index in [1.807, 2.05) is 42.5 Å². The van der Waals surface area contributed by atoms with Crippen LogP contribution in [0.2, 0.25) is 0 Å². The van der Waals surface area contributed by atoms with Crippen LogP contribution in [0.3, 0.4) is 0 Å². The highest BCUT2D eigenvalue weighted by Crippen LogP contribution is 2.21. The van der Waals surface area contributed by atoms with Crippen molar-refractivity contribution in [2.45, 2.75) is 6.54 Å². The van der Waals surface area contributed by atoms with Gasteiger partial charge in [-0.15, -0.1) is 0 Å². The van der Waals surface area contributed by atoms with Gasteiger partial charge in [-0.25, -0.2) is 0 Å². The number of hydrogen-bond acceptors (Lipinski definition) is 4. The summed E-state index contributed by atoms with van der Waals surface area (Å²) < 4.78 is 5.24. The third kappa shape index (κ3) is 4.19. The second kappa shape index (κ2) is 8.16. The summed E-state index contributed by atoms with van der Waals surface area (Å²) in [5.74, 6) is 0.715. The van der Waals surface area contributed by atoms with Gasteiger partial charge in [0.05, 0.1) is 13.3 Å². The second-order valence-corrected chi connectivity index (χ2v) is 5.77. The fourth-order valence-corrected chi connectivity index (χ4v) is 2.63. The van der Waals surface area contributed by atoms with Gasteiger partial charge in [0.2, 0.25) is 0 Å². The lowest BCUT2D eigenvalue weighted by Gasteiger charge is -2.08. The van der Waals surface area contributed by atoms with E-state index < -0.39 is 0 Å². The quantitative estimate of drug-likeness (QED) is 0.545. The number of rotatable bonds is 6. The molecule has 0 heterocycles. The first-order valence-electron chi connectivity index (χ1n) is 8.21. The molecule has 0 saturated carbocycles. The number of methoxy groups -OCH3 is 1. The summed E-state index contributed by atoms with van der Waals surface area (Å²) in [7, 11) is 3.14. The molecule has 0 aliphatic rings. The van der Waals surface area contributed by atoms with Crippen molar-refractivity contribution in [2.75, 3.05) is 14.2 Å². The fraction of sp³-hybridized carbons (Fsp3) is 0.143. The molecule has 0 aliphatic heterocycles. The highest BCUT2D eigenvalue weighted by atomic mass is 16.6. The second-order valence-electron chi connectivity index (χ2n) is 5.77. The predicted octanol–water partition coefficient (Wildman–Crippen LogP) is 3.76. The highest BCUT2D eigenvalue weighted by Gasteiger charge is 2.06. The maximum absolute atomic E-state index is 12.3. The molecule has 132 valence electrons. The number of nitrogens with zero attached hydrogens (tertiary/aromatic N) is 1. The minimum atomic E-state index is -0.116. The number of fused-ring (bicyclic) bond motifs is 1. The van der Waals surface area contributed by atoms with Crippen LogP contribution in [0.25, 0.3) is 10.8 Å². The third-order valence-corrected chi connectivity index (χ3v) is 4.04. The van der Waals surface area contributed by atoms with Gasteiger partial charge < -0.3 is 14.9 Å². The summed E-state index contributed by atoms with van der Waals surface area (Å²) in [6.07, 6.45) is 1.59. The van der Waals surface area contributed by atoms with Crippen molar-refractivity contribution >= 4 is 22.9 Å². The Balaban J connectivity index is 1.65. The van der Waals surface area contributed by atoms with Crippen molar-refractivity contribution in [1.82, 2.24) is 5.32 Å². The van der Waals surface area contributed by atoms with Crippen LogP contribution >= 0.6 is 0 Å². The van der Waals surface area contributed by atoms with Crippen molar-refractivity contribution in [3.63, 3.8) is 0 Å². The number of amides is 1. The maximum Gasteiger partial charge on any atom is 0.251 e. The molecule has 5 nitrogen and oxygen atoms in total. The fourth-order valence-electron chi connectivity index (χ4n) is 2.63. The van der Waals surface area contributed by atoms with Crippen LogP contribution in [0, 0.1) is 0 Å². The normalized spacial score (nSPS) is 10.8. The third-order valence-electron chi connectivity index (χ3n) is 4.04. The molecule has 0 fully saturated rings. The molecule has 5 heteroatoms. The Bertz CT molecular complexity index is 934. The van der Waals surface area contributed by atoms with E-state index in [-0.39, 0.29) is 5.91 Å². The lowest BCUT2D eigenvalue weighted by molar-refractivity contribution is 0.0951. The molecule has 0 bridgehead atoms. The topological polar surface area (TPSA) is 59.9 Å². The molecule has 0 aliphatic carbocycles. The van der Waals surface area contributed by atoms with E-state index >= 15 is 0 Å². The average molecular weight is 348 g/mol. The maximum atomic E-state index is 12.3. The number of benzene rings is 3. The van der Waals surface area contributed by atoms with E-state index in [2.05, 4.69) is 21.4 Å². The molecule has 3 aromatic rings. The van der Waals surface area contributed by atoms with E-state index in [1.54, 1.807) is 25.5 Å². The first-order valence-corrected chi connectivity index (χ1v) is 8.21. The van der Waals surface area contributed by atoms with Crippen molar-refractivity contribution < 1.29 is 14.4 Å². The van der Waals surface area contributed by atoms with E-state index in [9.17, 15) is 4.79 Å². The molecule has 1 amide bonds. The van der Waals surface area contributed by atoms with Gasteiger partial charge in [0, 0.05) is 12.1 Å². The molecule has 0 saturated heterocycles. The Morgan fingerprint density at radius 3 is 2.46 bits per heavy atom. The Kier molecular flexibility index (Phi) is 5.49. The van der Waals surface area contributed by atoms with Crippen molar-refractivity contribution in [3.05, 3.63) is 77.4 Å². The highest BCUT2D eigenvalue weighted by molar-refractivity contribution is 5.95. The van der Waals surface area contributed by atoms with Crippen LogP contribution in [0.1, 0.15) is 21.5 Å². The number of ether oxygens (including phenoxy) is 1. The summed E-state index contributed by atoms with van der Waals surface area (Å²) in [4.78, 5) is 16.9. The largest absolute Gasteiger partial charge is 0.497 e. The first-order chi connectivity index (χ1) is 12.7. The summed E-state index contributed by atoms with van der Waals surface area (Å²) >= 11 is 0. The van der Waals surface area contributed by atoms with E-state index in [0.29, 0.717) is 12.1 Å². The van der Waals surface area contributed by atoms with Gasteiger partial charge in [-0.1, -0.05) is 35.5 Å². The lowest BCUT2D eigenvalue weighted by Crippen LogP contribution is -2.22. The van der Waals surface area contributed by atoms with Crippen molar-refractivity contribution in [3.8, 4) is 5.75 Å². The summed E-state index contributed by atoms with van der Waals surface area (Å²) in [6, 6.07) is 19.2. The number of oxime groups is 1. The molecular weight excluding hydrogens is 328 g/mol. The van der Waals surface area contributed by atoms with Crippen LogP contribution in [-0.4, -0.2) is 26.3 Å². The van der Waals surface area contributed by atoms with Crippen LogP contribution in [0.4, 0.5) is 0 Å². The standard InChI is InChI=1S/C21H20N2O3/c1-25-20-10-9-18-11-16(5-8-19(18)12-20)13-22-21(24)17-6-3-15(4-7-17)14-23-26-2/h3-12,14H,13H2,1-2H3,(H,22,24)/b23-14+. The molecule has 1 N–H and O–H groups in total. The number of carbonyl (C=O) groups is 1. The average Bonchev–Trinajstić information content (AvgIpc) is 2.70. The molecule has 3 aromatic carbocycles. The SMILES string of the molecule is CO/N=C/c1ccc(C(=O)NCc2ccc3cc(OC)ccc3c2)cc1. The minimum Gasteiger partial charge on any atom is -0.497 e. The van der Waals surface area contributed by atoms with E-state index in [0.717, 1.165) is 27.6 Å². The van der Waals surface area contributed by atoms with Gasteiger partial charge in [0.1, 0.15) is 12.9 Å². The van der Waals surface area contributed by atoms with Gasteiger partial charge in [0.15, 0.2) is 0 Å². The lowest BCUT2D eigenvalue weighted by atomic mass is 10.1. The summed E-state index contributed by atoms with van der Waals surface area (Å²) in [6.45, 7) is 0.466. The van der Waals surface area contributed by atoms with Crippen molar-refractivity contribution in [2.24, 2.45) is 5.16 Å². The Labute approximate surface area is 152 Å². The van der Waals surface area contributed by atoms with Gasteiger partial charge >= 0.3 is 0 Å². The monoisotopic (exact) mass is 348 g/mol. The van der Waals surface area contributed by atoms with Gasteiger partial charge in [-0.2, -0.15) is 0 Å². The molecular formula is C21H20N2O3. The zero-order chi connectivity index (χ0) is 18.4.